The smallest absolute Gasteiger partial charge is 0.137 e. The number of furan rings is 1. The Hall–Kier alpha value is -3.33. The summed E-state index contributed by atoms with van der Waals surface area (Å²) in [5.74, 6) is 0. The maximum atomic E-state index is 5.95. The van der Waals surface area contributed by atoms with Gasteiger partial charge in [0.2, 0.25) is 0 Å². The number of benzene rings is 3. The van der Waals surface area contributed by atoms with Crippen molar-refractivity contribution in [3.63, 3.8) is 0 Å². The summed E-state index contributed by atoms with van der Waals surface area (Å²) in [5, 5.41) is 6.80. The molecule has 3 nitrogen and oxygen atoms in total. The maximum absolute atomic E-state index is 5.95. The molecule has 0 aliphatic rings. The van der Waals surface area contributed by atoms with Gasteiger partial charge in [0.05, 0.1) is 17.4 Å². The molecule has 5 rings (SSSR count). The van der Waals surface area contributed by atoms with Crippen molar-refractivity contribution in [2.75, 3.05) is 5.32 Å². The van der Waals surface area contributed by atoms with Gasteiger partial charge in [-0.1, -0.05) is 36.4 Å². The first-order chi connectivity index (χ1) is 11.9. The summed E-state index contributed by atoms with van der Waals surface area (Å²) in [6.45, 7) is 0. The van der Waals surface area contributed by atoms with Gasteiger partial charge in [-0.05, 0) is 30.3 Å². The highest BCUT2D eigenvalue weighted by molar-refractivity contribution is 6.05. The Morgan fingerprint density at radius 3 is 2.54 bits per heavy atom. The van der Waals surface area contributed by atoms with Gasteiger partial charge in [-0.3, -0.25) is 4.98 Å². The number of nitrogens with one attached hydrogen (secondary N) is 1. The van der Waals surface area contributed by atoms with Crippen LogP contribution in [0.4, 0.5) is 11.4 Å². The molecule has 3 aromatic carbocycles. The van der Waals surface area contributed by atoms with Gasteiger partial charge < -0.3 is 9.73 Å². The van der Waals surface area contributed by atoms with Gasteiger partial charge >= 0.3 is 0 Å². The van der Waals surface area contributed by atoms with E-state index in [2.05, 4.69) is 40.6 Å². The zero-order chi connectivity index (χ0) is 15.9. The first-order valence-corrected chi connectivity index (χ1v) is 7.90. The topological polar surface area (TPSA) is 38.1 Å². The highest BCUT2D eigenvalue weighted by Gasteiger charge is 2.07. The molecule has 0 spiro atoms. The SMILES string of the molecule is c1ccc2ncc(Nc3ccc4c(c3)oc3ccccc34)cc2c1. The highest BCUT2D eigenvalue weighted by Crippen LogP contribution is 2.31. The van der Waals surface area contributed by atoms with Crippen LogP contribution < -0.4 is 5.32 Å². The lowest BCUT2D eigenvalue weighted by Crippen LogP contribution is -1.91. The van der Waals surface area contributed by atoms with E-state index in [-0.39, 0.29) is 0 Å². The third-order valence-corrected chi connectivity index (χ3v) is 4.26. The summed E-state index contributed by atoms with van der Waals surface area (Å²) in [5.41, 5.74) is 4.74. The monoisotopic (exact) mass is 310 g/mol. The predicted octanol–water partition coefficient (Wildman–Crippen LogP) is 5.88. The molecule has 0 aliphatic heterocycles. The Labute approximate surface area is 138 Å². The Kier molecular flexibility index (Phi) is 2.79. The van der Waals surface area contributed by atoms with E-state index in [0.29, 0.717) is 0 Å². The Bertz CT molecular complexity index is 1190. The molecule has 0 atom stereocenters. The number of rotatable bonds is 2. The Morgan fingerprint density at radius 2 is 1.54 bits per heavy atom. The number of aromatic nitrogens is 1. The van der Waals surface area contributed by atoms with Crippen molar-refractivity contribution < 1.29 is 4.42 Å². The molecule has 0 amide bonds. The first kappa shape index (κ1) is 13.1. The molecule has 0 saturated carbocycles. The molecule has 0 radical (unpaired) electrons. The van der Waals surface area contributed by atoms with Gasteiger partial charge in [-0.25, -0.2) is 0 Å². The van der Waals surface area contributed by atoms with Crippen LogP contribution in [-0.4, -0.2) is 4.98 Å². The second-order valence-electron chi connectivity index (χ2n) is 5.85. The van der Waals surface area contributed by atoms with E-state index in [9.17, 15) is 0 Å². The molecular formula is C21H14N2O. The van der Waals surface area contributed by atoms with Crippen LogP contribution in [0.25, 0.3) is 32.8 Å². The van der Waals surface area contributed by atoms with Crippen molar-refractivity contribution in [3.05, 3.63) is 79.0 Å². The fraction of sp³-hybridized carbons (Fsp3) is 0. The molecule has 0 aliphatic carbocycles. The second-order valence-corrected chi connectivity index (χ2v) is 5.85. The summed E-state index contributed by atoms with van der Waals surface area (Å²) < 4.78 is 5.95. The minimum absolute atomic E-state index is 0.884. The summed E-state index contributed by atoms with van der Waals surface area (Å²) in [6, 6.07) is 24.5. The number of fused-ring (bicyclic) bond motifs is 4. The summed E-state index contributed by atoms with van der Waals surface area (Å²) >= 11 is 0. The lowest BCUT2D eigenvalue weighted by molar-refractivity contribution is 0.669. The maximum Gasteiger partial charge on any atom is 0.137 e. The molecule has 0 unspecified atom stereocenters. The minimum Gasteiger partial charge on any atom is -0.456 e. The second kappa shape index (κ2) is 5.10. The lowest BCUT2D eigenvalue weighted by atomic mass is 10.1. The normalized spacial score (nSPS) is 11.3. The summed E-state index contributed by atoms with van der Waals surface area (Å²) in [4.78, 5) is 4.49. The third-order valence-electron chi connectivity index (χ3n) is 4.26. The van der Waals surface area contributed by atoms with Crippen LogP contribution in [0, 0.1) is 0 Å². The summed E-state index contributed by atoms with van der Waals surface area (Å²) in [7, 11) is 0. The number of hydrogen-bond acceptors (Lipinski definition) is 3. The quantitative estimate of drug-likeness (QED) is 0.442. The molecule has 3 heteroatoms. The van der Waals surface area contributed by atoms with Crippen molar-refractivity contribution in [1.29, 1.82) is 0 Å². The van der Waals surface area contributed by atoms with Gasteiger partial charge in [0, 0.05) is 27.9 Å². The molecule has 0 bridgehead atoms. The van der Waals surface area contributed by atoms with Crippen molar-refractivity contribution in [2.45, 2.75) is 0 Å². The van der Waals surface area contributed by atoms with Crippen LogP contribution in [0.5, 0.6) is 0 Å². The zero-order valence-corrected chi connectivity index (χ0v) is 12.9. The fourth-order valence-electron chi connectivity index (χ4n) is 3.11. The molecular weight excluding hydrogens is 296 g/mol. The lowest BCUT2D eigenvalue weighted by Gasteiger charge is -2.07. The number of hydrogen-bond donors (Lipinski definition) is 1. The minimum atomic E-state index is 0.884. The predicted molar refractivity (Wildman–Crippen MR) is 98.7 cm³/mol. The van der Waals surface area contributed by atoms with Gasteiger partial charge in [-0.2, -0.15) is 0 Å². The largest absolute Gasteiger partial charge is 0.456 e. The van der Waals surface area contributed by atoms with E-state index in [1.807, 2.05) is 48.7 Å². The van der Waals surface area contributed by atoms with Crippen LogP contribution in [0.3, 0.4) is 0 Å². The average Bonchev–Trinajstić information content (AvgIpc) is 2.99. The van der Waals surface area contributed by atoms with Crippen LogP contribution in [0.2, 0.25) is 0 Å². The van der Waals surface area contributed by atoms with Crippen LogP contribution in [0.1, 0.15) is 0 Å². The molecule has 0 fully saturated rings. The first-order valence-electron chi connectivity index (χ1n) is 7.90. The number of nitrogens with zero attached hydrogens (tertiary/aromatic N) is 1. The van der Waals surface area contributed by atoms with Crippen molar-refractivity contribution in [2.24, 2.45) is 0 Å². The molecule has 5 aromatic rings. The van der Waals surface area contributed by atoms with E-state index in [0.717, 1.165) is 44.2 Å². The molecule has 2 aromatic heterocycles. The fourth-order valence-corrected chi connectivity index (χ4v) is 3.11. The molecule has 24 heavy (non-hydrogen) atoms. The van der Waals surface area contributed by atoms with Gasteiger partial charge in [0.15, 0.2) is 0 Å². The molecule has 2 heterocycles. The molecule has 1 N–H and O–H groups in total. The summed E-state index contributed by atoms with van der Waals surface area (Å²) in [6.07, 6.45) is 1.85. The van der Waals surface area contributed by atoms with Crippen LogP contribution in [-0.2, 0) is 0 Å². The molecule has 114 valence electrons. The Morgan fingerprint density at radius 1 is 0.708 bits per heavy atom. The van der Waals surface area contributed by atoms with Gasteiger partial charge in [0.25, 0.3) is 0 Å². The van der Waals surface area contributed by atoms with Crippen molar-refractivity contribution >= 4 is 44.2 Å². The van der Waals surface area contributed by atoms with Crippen LogP contribution in [0.15, 0.2) is 83.4 Å². The van der Waals surface area contributed by atoms with E-state index < -0.39 is 0 Å². The van der Waals surface area contributed by atoms with E-state index >= 15 is 0 Å². The average molecular weight is 310 g/mol. The van der Waals surface area contributed by atoms with E-state index in [4.69, 9.17) is 4.42 Å². The number of anilines is 2. The van der Waals surface area contributed by atoms with E-state index in [1.54, 1.807) is 0 Å². The standard InChI is InChI=1S/C21H14N2O/c1-3-7-19-14(5-1)11-16(13-22-19)23-15-9-10-18-17-6-2-4-8-20(17)24-21(18)12-15/h1-13,23H. The number of pyridine rings is 1. The van der Waals surface area contributed by atoms with Crippen LogP contribution >= 0.6 is 0 Å². The molecule has 0 saturated heterocycles. The highest BCUT2D eigenvalue weighted by atomic mass is 16.3. The Balaban J connectivity index is 1.56. The zero-order valence-electron chi connectivity index (χ0n) is 12.9. The third kappa shape index (κ3) is 2.10. The number of para-hydroxylation sites is 2. The van der Waals surface area contributed by atoms with E-state index in [1.165, 1.54) is 0 Å². The van der Waals surface area contributed by atoms with Gasteiger partial charge in [-0.15, -0.1) is 0 Å². The van der Waals surface area contributed by atoms with Crippen molar-refractivity contribution in [1.82, 2.24) is 4.98 Å². The van der Waals surface area contributed by atoms with Crippen molar-refractivity contribution in [3.8, 4) is 0 Å². The van der Waals surface area contributed by atoms with Gasteiger partial charge in [0.1, 0.15) is 11.2 Å².